The summed E-state index contributed by atoms with van der Waals surface area (Å²) in [5, 5.41) is 3.99. The molecule has 2 rings (SSSR count). The first kappa shape index (κ1) is 21.0. The summed E-state index contributed by atoms with van der Waals surface area (Å²) in [4.78, 5) is 12.1. The molecule has 5 nitrogen and oxygen atoms in total. The lowest BCUT2D eigenvalue weighted by Gasteiger charge is -2.15. The minimum atomic E-state index is -0.324. The van der Waals surface area contributed by atoms with E-state index in [1.165, 1.54) is 0 Å². The van der Waals surface area contributed by atoms with Crippen LogP contribution < -0.4 is 14.9 Å². The monoisotopic (exact) mass is 432 g/mol. The Morgan fingerprint density at radius 1 is 1.22 bits per heavy atom. The zero-order valence-electron chi connectivity index (χ0n) is 16.1. The molecule has 1 N–H and O–H groups in total. The second kappa shape index (κ2) is 10.1. The molecule has 0 saturated heterocycles. The van der Waals surface area contributed by atoms with E-state index in [0.29, 0.717) is 12.4 Å². The number of hydrogen-bond acceptors (Lipinski definition) is 4. The van der Waals surface area contributed by atoms with E-state index >= 15 is 0 Å². The highest BCUT2D eigenvalue weighted by Crippen LogP contribution is 2.32. The fourth-order valence-electron chi connectivity index (χ4n) is 2.47. The Kier molecular flexibility index (Phi) is 7.85. The van der Waals surface area contributed by atoms with Gasteiger partial charge >= 0.3 is 0 Å². The molecular formula is C21H25BrN2O3. The van der Waals surface area contributed by atoms with E-state index < -0.39 is 0 Å². The average molecular weight is 433 g/mol. The van der Waals surface area contributed by atoms with Crippen LogP contribution in [0.5, 0.6) is 11.5 Å². The van der Waals surface area contributed by atoms with E-state index in [0.717, 1.165) is 26.9 Å². The van der Waals surface area contributed by atoms with Crippen molar-refractivity contribution in [2.45, 2.75) is 33.6 Å². The lowest BCUT2D eigenvalue weighted by Crippen LogP contribution is -2.25. The highest BCUT2D eigenvalue weighted by Gasteiger charge is 2.12. The number of nitrogens with one attached hydrogen (secondary N) is 1. The number of carbonyl (C=O) groups is 1. The summed E-state index contributed by atoms with van der Waals surface area (Å²) in [5.74, 6) is 1.40. The van der Waals surface area contributed by atoms with Crippen LogP contribution in [-0.2, 0) is 4.79 Å². The van der Waals surface area contributed by atoms with Gasteiger partial charge in [0.2, 0.25) is 0 Å². The number of ether oxygens (including phenoxy) is 2. The number of hydrazone groups is 1. The summed E-state index contributed by atoms with van der Waals surface area (Å²) in [6.07, 6.45) is 1.56. The molecular weight excluding hydrogens is 408 g/mol. The Morgan fingerprint density at radius 3 is 2.67 bits per heavy atom. The number of aryl methyl sites for hydroxylation is 1. The largest absolute Gasteiger partial charge is 0.493 e. The van der Waals surface area contributed by atoms with Crippen LogP contribution >= 0.6 is 15.9 Å². The summed E-state index contributed by atoms with van der Waals surface area (Å²) in [5.41, 5.74) is 5.39. The van der Waals surface area contributed by atoms with Gasteiger partial charge in [0.05, 0.1) is 12.8 Å². The van der Waals surface area contributed by atoms with Crippen molar-refractivity contribution < 1.29 is 14.3 Å². The van der Waals surface area contributed by atoms with E-state index in [4.69, 9.17) is 9.47 Å². The lowest BCUT2D eigenvalue weighted by molar-refractivity contribution is -0.123. The Hall–Kier alpha value is -2.34. The van der Waals surface area contributed by atoms with E-state index in [1.54, 1.807) is 6.21 Å². The molecule has 0 aromatic heterocycles. The van der Waals surface area contributed by atoms with Crippen molar-refractivity contribution in [3.8, 4) is 11.5 Å². The maximum atomic E-state index is 12.1. The van der Waals surface area contributed by atoms with Gasteiger partial charge in [0.1, 0.15) is 11.5 Å². The predicted octanol–water partition coefficient (Wildman–Crippen LogP) is 4.81. The third kappa shape index (κ3) is 6.10. The molecule has 0 aliphatic heterocycles. The van der Waals surface area contributed by atoms with Crippen LogP contribution in [0.2, 0.25) is 0 Å². The summed E-state index contributed by atoms with van der Waals surface area (Å²) >= 11 is 3.54. The topological polar surface area (TPSA) is 59.9 Å². The van der Waals surface area contributed by atoms with Crippen molar-refractivity contribution in [3.05, 3.63) is 57.6 Å². The molecule has 0 aliphatic carbocycles. The van der Waals surface area contributed by atoms with Crippen LogP contribution in [0, 0.1) is 6.92 Å². The Labute approximate surface area is 168 Å². The molecule has 0 saturated carbocycles. The van der Waals surface area contributed by atoms with Gasteiger partial charge < -0.3 is 9.47 Å². The van der Waals surface area contributed by atoms with Crippen LogP contribution in [0.4, 0.5) is 0 Å². The highest BCUT2D eigenvalue weighted by molar-refractivity contribution is 9.10. The Bertz CT molecular complexity index is 819. The first-order valence-corrected chi connectivity index (χ1v) is 9.68. The van der Waals surface area contributed by atoms with Crippen molar-refractivity contribution >= 4 is 28.1 Å². The molecule has 0 aliphatic rings. The van der Waals surface area contributed by atoms with Gasteiger partial charge in [-0.15, -0.1) is 0 Å². The van der Waals surface area contributed by atoms with Gasteiger partial charge in [0.25, 0.3) is 5.91 Å². The number of carbonyl (C=O) groups excluding carboxylic acids is 1. The standard InChI is InChI=1S/C21H25BrN2O3/c1-5-26-19-9-7-6-8-16(19)12-23-24-21(25)13-27-20-10-15(4)18(22)11-17(20)14(2)3/h6-12,14H,5,13H2,1-4H3,(H,24,25)/b23-12-. The number of nitrogens with zero attached hydrogens (tertiary/aromatic N) is 1. The first-order chi connectivity index (χ1) is 12.9. The van der Waals surface area contributed by atoms with Crippen molar-refractivity contribution in [1.29, 1.82) is 0 Å². The molecule has 144 valence electrons. The number of amides is 1. The van der Waals surface area contributed by atoms with E-state index in [2.05, 4.69) is 40.3 Å². The summed E-state index contributed by atoms with van der Waals surface area (Å²) in [6, 6.07) is 11.5. The first-order valence-electron chi connectivity index (χ1n) is 8.89. The Balaban J connectivity index is 1.97. The maximum absolute atomic E-state index is 12.1. The van der Waals surface area contributed by atoms with E-state index in [1.807, 2.05) is 50.2 Å². The SMILES string of the molecule is CCOc1ccccc1/C=N\NC(=O)COc1cc(C)c(Br)cc1C(C)C. The van der Waals surface area contributed by atoms with Crippen molar-refractivity contribution in [2.75, 3.05) is 13.2 Å². The highest BCUT2D eigenvalue weighted by atomic mass is 79.9. The number of rotatable bonds is 8. The van der Waals surface area contributed by atoms with Gasteiger partial charge in [0.15, 0.2) is 6.61 Å². The van der Waals surface area contributed by atoms with Crippen LogP contribution in [-0.4, -0.2) is 25.3 Å². The normalized spacial score (nSPS) is 11.0. The second-order valence-corrected chi connectivity index (χ2v) is 7.20. The third-order valence-corrected chi connectivity index (χ3v) is 4.74. The quantitative estimate of drug-likeness (QED) is 0.480. The van der Waals surface area contributed by atoms with Crippen LogP contribution in [0.25, 0.3) is 0 Å². The van der Waals surface area contributed by atoms with Crippen LogP contribution in [0.3, 0.4) is 0 Å². The molecule has 0 fully saturated rings. The molecule has 0 spiro atoms. The molecule has 2 aromatic rings. The second-order valence-electron chi connectivity index (χ2n) is 6.35. The van der Waals surface area contributed by atoms with Gasteiger partial charge in [-0.05, 0) is 55.2 Å². The molecule has 1 amide bonds. The zero-order chi connectivity index (χ0) is 19.8. The molecule has 0 unspecified atom stereocenters. The number of hydrogen-bond donors (Lipinski definition) is 1. The fourth-order valence-corrected chi connectivity index (χ4v) is 2.83. The number of para-hydroxylation sites is 1. The summed E-state index contributed by atoms with van der Waals surface area (Å²) in [7, 11) is 0. The minimum absolute atomic E-state index is 0.106. The Morgan fingerprint density at radius 2 is 1.96 bits per heavy atom. The smallest absolute Gasteiger partial charge is 0.277 e. The molecule has 6 heteroatoms. The maximum Gasteiger partial charge on any atom is 0.277 e. The van der Waals surface area contributed by atoms with Crippen molar-refractivity contribution in [2.24, 2.45) is 5.10 Å². The van der Waals surface area contributed by atoms with E-state index in [9.17, 15) is 4.79 Å². The summed E-state index contributed by atoms with van der Waals surface area (Å²) in [6.45, 7) is 8.54. The lowest BCUT2D eigenvalue weighted by atomic mass is 10.0. The predicted molar refractivity (Wildman–Crippen MR) is 112 cm³/mol. The molecule has 0 radical (unpaired) electrons. The van der Waals surface area contributed by atoms with E-state index in [-0.39, 0.29) is 18.4 Å². The summed E-state index contributed by atoms with van der Waals surface area (Å²) < 4.78 is 12.3. The van der Waals surface area contributed by atoms with Gasteiger partial charge in [-0.2, -0.15) is 5.10 Å². The molecule has 0 atom stereocenters. The van der Waals surface area contributed by atoms with Gasteiger partial charge in [-0.3, -0.25) is 4.79 Å². The molecule has 27 heavy (non-hydrogen) atoms. The third-order valence-electron chi connectivity index (χ3n) is 3.88. The van der Waals surface area contributed by atoms with Crippen molar-refractivity contribution in [3.63, 3.8) is 0 Å². The van der Waals surface area contributed by atoms with Gasteiger partial charge in [0, 0.05) is 10.0 Å². The van der Waals surface area contributed by atoms with Crippen LogP contribution in [0.1, 0.15) is 43.4 Å². The van der Waals surface area contributed by atoms with Crippen molar-refractivity contribution in [1.82, 2.24) is 5.43 Å². The molecule has 0 bridgehead atoms. The fraction of sp³-hybridized carbons (Fsp3) is 0.333. The minimum Gasteiger partial charge on any atom is -0.493 e. The molecule has 2 aromatic carbocycles. The zero-order valence-corrected chi connectivity index (χ0v) is 17.7. The average Bonchev–Trinajstić information content (AvgIpc) is 2.63. The van der Waals surface area contributed by atoms with Gasteiger partial charge in [-0.25, -0.2) is 5.43 Å². The van der Waals surface area contributed by atoms with Gasteiger partial charge in [-0.1, -0.05) is 41.9 Å². The molecule has 0 heterocycles. The number of halogens is 1. The number of benzene rings is 2. The van der Waals surface area contributed by atoms with Crippen LogP contribution in [0.15, 0.2) is 46.0 Å².